The van der Waals surface area contributed by atoms with Crippen molar-refractivity contribution in [3.8, 4) is 0 Å². The Morgan fingerprint density at radius 1 is 1.42 bits per heavy atom. The first-order valence-corrected chi connectivity index (χ1v) is 7.38. The number of hydrogen-bond donors (Lipinski definition) is 1. The van der Waals surface area contributed by atoms with Crippen molar-refractivity contribution in [3.05, 3.63) is 33.8 Å². The van der Waals surface area contributed by atoms with Gasteiger partial charge in [0.05, 0.1) is 6.61 Å². The highest BCUT2D eigenvalue weighted by Gasteiger charge is 2.29. The molecule has 0 saturated carbocycles. The summed E-state index contributed by atoms with van der Waals surface area (Å²) in [6.07, 6.45) is 1.86. The number of ether oxygens (including phenoxy) is 1. The lowest BCUT2D eigenvalue weighted by Crippen LogP contribution is -2.34. The highest BCUT2D eigenvalue weighted by molar-refractivity contribution is 9.10. The van der Waals surface area contributed by atoms with E-state index in [0.29, 0.717) is 17.6 Å². The second-order valence-corrected chi connectivity index (χ2v) is 5.71. The van der Waals surface area contributed by atoms with E-state index in [-0.39, 0.29) is 17.5 Å². The molecule has 2 atom stereocenters. The van der Waals surface area contributed by atoms with Crippen LogP contribution in [0.4, 0.5) is 8.78 Å². The molecule has 1 N–H and O–H groups in total. The van der Waals surface area contributed by atoms with Gasteiger partial charge in [0.25, 0.3) is 0 Å². The Morgan fingerprint density at radius 3 is 2.63 bits per heavy atom. The van der Waals surface area contributed by atoms with E-state index in [1.807, 2.05) is 6.92 Å². The first-order chi connectivity index (χ1) is 9.13. The van der Waals surface area contributed by atoms with Crippen LogP contribution in [0.3, 0.4) is 0 Å². The minimum atomic E-state index is -0.511. The molecular weight excluding hydrogens is 316 g/mol. The van der Waals surface area contributed by atoms with Gasteiger partial charge in [-0.3, -0.25) is 0 Å². The van der Waals surface area contributed by atoms with E-state index in [0.717, 1.165) is 19.4 Å². The maximum Gasteiger partial charge on any atom is 0.132 e. The molecule has 0 bridgehead atoms. The third-order valence-corrected chi connectivity index (χ3v) is 3.90. The molecule has 2 unspecified atom stereocenters. The molecule has 0 amide bonds. The van der Waals surface area contributed by atoms with Gasteiger partial charge in [0.1, 0.15) is 11.6 Å². The molecule has 0 aromatic heterocycles. The summed E-state index contributed by atoms with van der Waals surface area (Å²) in [7, 11) is 0. The third-order valence-electron chi connectivity index (χ3n) is 3.45. The summed E-state index contributed by atoms with van der Waals surface area (Å²) >= 11 is 3.11. The molecule has 1 heterocycles. The smallest absolute Gasteiger partial charge is 0.132 e. The monoisotopic (exact) mass is 333 g/mol. The van der Waals surface area contributed by atoms with Crippen molar-refractivity contribution < 1.29 is 13.5 Å². The fraction of sp³-hybridized carbons (Fsp3) is 0.571. The molecule has 0 aliphatic carbocycles. The van der Waals surface area contributed by atoms with Gasteiger partial charge in [0, 0.05) is 28.6 Å². The van der Waals surface area contributed by atoms with E-state index in [2.05, 4.69) is 21.2 Å². The SMILES string of the molecule is CCNC(c1c(F)cc(Br)cc1F)C1CCCOC1. The second kappa shape index (κ2) is 6.77. The Kier molecular flexibility index (Phi) is 5.30. The van der Waals surface area contributed by atoms with Gasteiger partial charge in [-0.15, -0.1) is 0 Å². The van der Waals surface area contributed by atoms with Crippen molar-refractivity contribution in [2.75, 3.05) is 19.8 Å². The van der Waals surface area contributed by atoms with E-state index in [1.54, 1.807) is 0 Å². The summed E-state index contributed by atoms with van der Waals surface area (Å²) in [6.45, 7) is 3.88. The van der Waals surface area contributed by atoms with Crippen molar-refractivity contribution >= 4 is 15.9 Å². The van der Waals surface area contributed by atoms with Crippen LogP contribution in [0.25, 0.3) is 0 Å². The van der Waals surface area contributed by atoms with Crippen LogP contribution >= 0.6 is 15.9 Å². The lowest BCUT2D eigenvalue weighted by atomic mass is 9.88. The zero-order chi connectivity index (χ0) is 13.8. The van der Waals surface area contributed by atoms with Crippen LogP contribution in [-0.4, -0.2) is 19.8 Å². The quantitative estimate of drug-likeness (QED) is 0.904. The Labute approximate surface area is 120 Å². The van der Waals surface area contributed by atoms with E-state index in [4.69, 9.17) is 4.74 Å². The van der Waals surface area contributed by atoms with Crippen LogP contribution in [0.5, 0.6) is 0 Å². The zero-order valence-electron chi connectivity index (χ0n) is 10.9. The van der Waals surface area contributed by atoms with Crippen molar-refractivity contribution in [1.82, 2.24) is 5.32 Å². The normalized spacial score (nSPS) is 21.4. The van der Waals surface area contributed by atoms with E-state index in [1.165, 1.54) is 12.1 Å². The Morgan fingerprint density at radius 2 is 2.11 bits per heavy atom. The van der Waals surface area contributed by atoms with Gasteiger partial charge < -0.3 is 10.1 Å². The van der Waals surface area contributed by atoms with Gasteiger partial charge in [0.2, 0.25) is 0 Å². The highest BCUT2D eigenvalue weighted by atomic mass is 79.9. The molecule has 1 aromatic rings. The number of nitrogens with one attached hydrogen (secondary N) is 1. The van der Waals surface area contributed by atoms with Crippen molar-refractivity contribution in [2.45, 2.75) is 25.8 Å². The van der Waals surface area contributed by atoms with Crippen molar-refractivity contribution in [2.24, 2.45) is 5.92 Å². The fourth-order valence-corrected chi connectivity index (χ4v) is 3.01. The van der Waals surface area contributed by atoms with Crippen LogP contribution in [-0.2, 0) is 4.74 Å². The van der Waals surface area contributed by atoms with Crippen molar-refractivity contribution in [1.29, 1.82) is 0 Å². The number of hydrogen-bond acceptors (Lipinski definition) is 2. The van der Waals surface area contributed by atoms with E-state index < -0.39 is 11.6 Å². The van der Waals surface area contributed by atoms with Crippen LogP contribution < -0.4 is 5.32 Å². The average molecular weight is 334 g/mol. The molecule has 5 heteroatoms. The molecule has 0 radical (unpaired) electrons. The fourth-order valence-electron chi connectivity index (χ4n) is 2.60. The summed E-state index contributed by atoms with van der Waals surface area (Å²) in [6, 6.07) is 2.29. The third kappa shape index (κ3) is 3.52. The standard InChI is InChI=1S/C14H18BrF2NO/c1-2-18-14(9-4-3-5-19-8-9)13-11(16)6-10(15)7-12(13)17/h6-7,9,14,18H,2-5,8H2,1H3. The van der Waals surface area contributed by atoms with Crippen LogP contribution in [0.1, 0.15) is 31.4 Å². The lowest BCUT2D eigenvalue weighted by Gasteiger charge is -2.31. The van der Waals surface area contributed by atoms with E-state index in [9.17, 15) is 8.78 Å². The molecule has 1 aliphatic heterocycles. The summed E-state index contributed by atoms with van der Waals surface area (Å²) in [5.41, 5.74) is 0.126. The van der Waals surface area contributed by atoms with Crippen LogP contribution in [0.2, 0.25) is 0 Å². The molecule has 2 rings (SSSR count). The Balaban J connectivity index is 2.32. The Bertz CT molecular complexity index is 412. The van der Waals surface area contributed by atoms with Gasteiger partial charge in [-0.2, -0.15) is 0 Å². The highest BCUT2D eigenvalue weighted by Crippen LogP contribution is 2.33. The maximum atomic E-state index is 14.1. The molecule has 1 aromatic carbocycles. The molecule has 0 spiro atoms. The van der Waals surface area contributed by atoms with Crippen LogP contribution in [0, 0.1) is 17.6 Å². The number of benzene rings is 1. The maximum absolute atomic E-state index is 14.1. The summed E-state index contributed by atoms with van der Waals surface area (Å²) in [5.74, 6) is -0.911. The average Bonchev–Trinajstić information content (AvgIpc) is 2.37. The molecule has 19 heavy (non-hydrogen) atoms. The number of halogens is 3. The lowest BCUT2D eigenvalue weighted by molar-refractivity contribution is 0.0382. The Hall–Kier alpha value is -0.520. The molecule has 1 aliphatic rings. The topological polar surface area (TPSA) is 21.3 Å². The molecular formula is C14H18BrF2NO. The van der Waals surface area contributed by atoms with Gasteiger partial charge >= 0.3 is 0 Å². The minimum absolute atomic E-state index is 0.110. The van der Waals surface area contributed by atoms with Crippen molar-refractivity contribution in [3.63, 3.8) is 0 Å². The second-order valence-electron chi connectivity index (χ2n) is 4.80. The molecule has 2 nitrogen and oxygen atoms in total. The molecule has 106 valence electrons. The first-order valence-electron chi connectivity index (χ1n) is 6.59. The summed E-state index contributed by atoms with van der Waals surface area (Å²) in [4.78, 5) is 0. The molecule has 1 fully saturated rings. The van der Waals surface area contributed by atoms with Gasteiger partial charge in [-0.25, -0.2) is 8.78 Å². The minimum Gasteiger partial charge on any atom is -0.381 e. The first kappa shape index (κ1) is 14.9. The zero-order valence-corrected chi connectivity index (χ0v) is 12.5. The number of rotatable bonds is 4. The predicted octanol–water partition coefficient (Wildman–Crippen LogP) is 3.80. The molecule has 1 saturated heterocycles. The van der Waals surface area contributed by atoms with Crippen LogP contribution in [0.15, 0.2) is 16.6 Å². The predicted molar refractivity (Wildman–Crippen MR) is 74.0 cm³/mol. The van der Waals surface area contributed by atoms with Gasteiger partial charge in [0.15, 0.2) is 0 Å². The largest absolute Gasteiger partial charge is 0.381 e. The van der Waals surface area contributed by atoms with Gasteiger partial charge in [-0.05, 0) is 31.5 Å². The summed E-state index contributed by atoms with van der Waals surface area (Å²) in [5, 5.41) is 3.19. The van der Waals surface area contributed by atoms with E-state index >= 15 is 0 Å². The van der Waals surface area contributed by atoms with Gasteiger partial charge in [-0.1, -0.05) is 22.9 Å². The summed E-state index contributed by atoms with van der Waals surface area (Å²) < 4.78 is 34.0.